The number of anilines is 2. The van der Waals surface area contributed by atoms with E-state index in [-0.39, 0.29) is 5.91 Å². The number of aromatic amines is 1. The van der Waals surface area contributed by atoms with Crippen molar-refractivity contribution in [3.8, 4) is 0 Å². The van der Waals surface area contributed by atoms with Gasteiger partial charge in [0, 0.05) is 30.2 Å². The van der Waals surface area contributed by atoms with Crippen molar-refractivity contribution in [2.24, 2.45) is 0 Å². The lowest BCUT2D eigenvalue weighted by molar-refractivity contribution is 0.0599. The highest BCUT2D eigenvalue weighted by Gasteiger charge is 2.22. The van der Waals surface area contributed by atoms with E-state index in [4.69, 9.17) is 4.74 Å². The van der Waals surface area contributed by atoms with E-state index < -0.39 is 5.97 Å². The van der Waals surface area contributed by atoms with Crippen LogP contribution in [0.1, 0.15) is 46.0 Å². The quantitative estimate of drug-likeness (QED) is 0.787. The van der Waals surface area contributed by atoms with Gasteiger partial charge in [-0.25, -0.2) is 4.79 Å². The van der Waals surface area contributed by atoms with Crippen molar-refractivity contribution in [1.82, 2.24) is 4.98 Å². The predicted molar refractivity (Wildman–Crippen MR) is 99.6 cm³/mol. The third-order valence-corrected chi connectivity index (χ3v) is 4.31. The van der Waals surface area contributed by atoms with E-state index in [9.17, 15) is 9.59 Å². The number of carbonyl (C=O) groups is 2. The smallest absolute Gasteiger partial charge is 0.339 e. The highest BCUT2D eigenvalue weighted by Crippen LogP contribution is 2.21. The van der Waals surface area contributed by atoms with Crippen molar-refractivity contribution in [1.29, 1.82) is 0 Å². The minimum Gasteiger partial charge on any atom is -0.465 e. The number of carbonyl (C=O) groups excluding carboxylic acids is 2. The van der Waals surface area contributed by atoms with Crippen molar-refractivity contribution in [3.63, 3.8) is 0 Å². The first-order valence-corrected chi connectivity index (χ1v) is 8.36. The zero-order valence-electron chi connectivity index (χ0n) is 15.4. The monoisotopic (exact) mass is 343 g/mol. The molecular weight excluding hydrogens is 318 g/mol. The van der Waals surface area contributed by atoms with E-state index in [0.29, 0.717) is 28.2 Å². The number of rotatable bonds is 6. The molecule has 1 heterocycles. The summed E-state index contributed by atoms with van der Waals surface area (Å²) < 4.78 is 4.77. The minimum absolute atomic E-state index is 0.286. The number of aryl methyl sites for hydroxylation is 1. The van der Waals surface area contributed by atoms with Crippen LogP contribution in [0.5, 0.6) is 0 Å². The maximum Gasteiger partial charge on any atom is 0.339 e. The Labute approximate surface area is 148 Å². The van der Waals surface area contributed by atoms with Crippen molar-refractivity contribution < 1.29 is 14.3 Å². The van der Waals surface area contributed by atoms with Gasteiger partial charge >= 0.3 is 5.97 Å². The summed E-state index contributed by atoms with van der Waals surface area (Å²) in [6.07, 6.45) is 0. The Balaban J connectivity index is 2.19. The molecule has 0 fully saturated rings. The summed E-state index contributed by atoms with van der Waals surface area (Å²) in [5.41, 5.74) is 3.79. The summed E-state index contributed by atoms with van der Waals surface area (Å²) in [5.74, 6) is -0.736. The molecule has 6 heteroatoms. The Morgan fingerprint density at radius 2 is 1.72 bits per heavy atom. The fourth-order valence-electron chi connectivity index (χ4n) is 2.92. The molecule has 134 valence electrons. The molecule has 6 nitrogen and oxygen atoms in total. The summed E-state index contributed by atoms with van der Waals surface area (Å²) >= 11 is 0. The lowest BCUT2D eigenvalue weighted by Gasteiger charge is -2.21. The highest BCUT2D eigenvalue weighted by molar-refractivity contribution is 6.06. The molecule has 0 saturated heterocycles. The van der Waals surface area contributed by atoms with E-state index in [1.54, 1.807) is 13.8 Å². The Bertz CT molecular complexity index is 759. The second kappa shape index (κ2) is 7.88. The number of methoxy groups -OCH3 is 1. The van der Waals surface area contributed by atoms with Gasteiger partial charge in [-0.05, 0) is 57.5 Å². The van der Waals surface area contributed by atoms with Gasteiger partial charge in [-0.3, -0.25) is 4.79 Å². The fraction of sp³-hybridized carbons (Fsp3) is 0.368. The topological polar surface area (TPSA) is 74.4 Å². The molecule has 0 atom stereocenters. The zero-order valence-corrected chi connectivity index (χ0v) is 15.4. The molecule has 0 aliphatic rings. The van der Waals surface area contributed by atoms with Gasteiger partial charge in [0.2, 0.25) is 0 Å². The number of nitrogens with one attached hydrogen (secondary N) is 2. The van der Waals surface area contributed by atoms with Gasteiger partial charge in [-0.1, -0.05) is 0 Å². The average Bonchev–Trinajstić information content (AvgIpc) is 2.91. The van der Waals surface area contributed by atoms with Crippen molar-refractivity contribution in [2.45, 2.75) is 27.7 Å². The Kier molecular flexibility index (Phi) is 5.85. The molecular formula is C19H25N3O3. The molecule has 2 aromatic rings. The van der Waals surface area contributed by atoms with Crippen LogP contribution in [0.2, 0.25) is 0 Å². The van der Waals surface area contributed by atoms with Gasteiger partial charge < -0.3 is 19.9 Å². The van der Waals surface area contributed by atoms with Gasteiger partial charge in [0.25, 0.3) is 5.91 Å². The number of hydrogen-bond donors (Lipinski definition) is 2. The number of aromatic nitrogens is 1. The summed E-state index contributed by atoms with van der Waals surface area (Å²) in [6, 6.07) is 7.71. The Morgan fingerprint density at radius 3 is 2.24 bits per heavy atom. The van der Waals surface area contributed by atoms with E-state index in [2.05, 4.69) is 29.0 Å². The Morgan fingerprint density at radius 1 is 1.12 bits per heavy atom. The minimum atomic E-state index is -0.450. The third-order valence-electron chi connectivity index (χ3n) is 4.31. The van der Waals surface area contributed by atoms with Crippen LogP contribution in [0.3, 0.4) is 0 Å². The maximum absolute atomic E-state index is 12.5. The number of benzene rings is 1. The lowest BCUT2D eigenvalue weighted by atomic mass is 10.1. The van der Waals surface area contributed by atoms with Crippen molar-refractivity contribution in [3.05, 3.63) is 46.8 Å². The first-order chi connectivity index (χ1) is 11.9. The van der Waals surface area contributed by atoms with E-state index in [1.165, 1.54) is 7.11 Å². The van der Waals surface area contributed by atoms with Gasteiger partial charge in [0.1, 0.15) is 5.69 Å². The molecule has 0 spiro atoms. The van der Waals surface area contributed by atoms with Gasteiger partial charge in [-0.2, -0.15) is 0 Å². The lowest BCUT2D eigenvalue weighted by Crippen LogP contribution is -2.21. The molecule has 1 amide bonds. The van der Waals surface area contributed by atoms with Crippen LogP contribution in [-0.4, -0.2) is 37.1 Å². The number of nitrogens with zero attached hydrogens (tertiary/aromatic N) is 1. The molecule has 0 aliphatic heterocycles. The summed E-state index contributed by atoms with van der Waals surface area (Å²) in [4.78, 5) is 29.6. The highest BCUT2D eigenvalue weighted by atomic mass is 16.5. The molecule has 0 bridgehead atoms. The number of amides is 1. The predicted octanol–water partition coefficient (Wildman–Crippen LogP) is 3.52. The van der Waals surface area contributed by atoms with E-state index >= 15 is 0 Å². The molecule has 0 saturated carbocycles. The second-order valence-corrected chi connectivity index (χ2v) is 5.79. The largest absolute Gasteiger partial charge is 0.465 e. The molecule has 25 heavy (non-hydrogen) atoms. The van der Waals surface area contributed by atoms with Crippen molar-refractivity contribution >= 4 is 23.3 Å². The molecule has 0 aliphatic carbocycles. The van der Waals surface area contributed by atoms with Crippen LogP contribution >= 0.6 is 0 Å². The normalized spacial score (nSPS) is 10.4. The summed E-state index contributed by atoms with van der Waals surface area (Å²) in [7, 11) is 1.32. The fourth-order valence-corrected chi connectivity index (χ4v) is 2.92. The zero-order chi connectivity index (χ0) is 18.6. The van der Waals surface area contributed by atoms with Crippen LogP contribution in [0.15, 0.2) is 24.3 Å². The maximum atomic E-state index is 12.5. The number of H-pyrrole nitrogens is 1. The molecule has 2 N–H and O–H groups in total. The average molecular weight is 343 g/mol. The summed E-state index contributed by atoms with van der Waals surface area (Å²) in [5, 5.41) is 2.86. The SMILES string of the molecule is CCN(CC)c1ccc(NC(=O)c2[nH]c(C)c(C(=O)OC)c2C)cc1. The van der Waals surface area contributed by atoms with Crippen LogP contribution < -0.4 is 10.2 Å². The van der Waals surface area contributed by atoms with Gasteiger partial charge in [0.05, 0.1) is 12.7 Å². The first-order valence-electron chi connectivity index (χ1n) is 8.36. The molecule has 2 rings (SSSR count). The number of esters is 1. The van der Waals surface area contributed by atoms with Gasteiger partial charge in [0.15, 0.2) is 0 Å². The van der Waals surface area contributed by atoms with Crippen LogP contribution in [-0.2, 0) is 4.74 Å². The van der Waals surface area contributed by atoms with E-state index in [1.807, 2.05) is 24.3 Å². The van der Waals surface area contributed by atoms with E-state index in [0.717, 1.165) is 18.8 Å². The number of ether oxygens (including phenoxy) is 1. The Hall–Kier alpha value is -2.76. The van der Waals surface area contributed by atoms with Crippen molar-refractivity contribution in [2.75, 3.05) is 30.4 Å². The molecule has 1 aromatic heterocycles. The second-order valence-electron chi connectivity index (χ2n) is 5.79. The van der Waals surface area contributed by atoms with Crippen LogP contribution in [0, 0.1) is 13.8 Å². The first kappa shape index (κ1) is 18.6. The summed E-state index contributed by atoms with van der Waals surface area (Å²) in [6.45, 7) is 9.55. The van der Waals surface area contributed by atoms with Gasteiger partial charge in [-0.15, -0.1) is 0 Å². The molecule has 1 aromatic carbocycles. The molecule has 0 unspecified atom stereocenters. The number of hydrogen-bond acceptors (Lipinski definition) is 4. The third kappa shape index (κ3) is 3.84. The van der Waals surface area contributed by atoms with Crippen LogP contribution in [0.25, 0.3) is 0 Å². The standard InChI is InChI=1S/C19H25N3O3/c1-6-22(7-2)15-10-8-14(9-11-15)21-18(23)17-12(3)16(13(4)20-17)19(24)25-5/h8-11,20H,6-7H2,1-5H3,(H,21,23). The van der Waals surface area contributed by atoms with Crippen LogP contribution in [0.4, 0.5) is 11.4 Å². The molecule has 0 radical (unpaired) electrons.